The average Bonchev–Trinajstić information content (AvgIpc) is 3.15. The largest absolute Gasteiger partial charge is 0.504 e. The number of allylic oxidation sites excluding steroid dienone is 1. The van der Waals surface area contributed by atoms with Gasteiger partial charge >= 0.3 is 5.97 Å². The van der Waals surface area contributed by atoms with Crippen LogP contribution in [0.15, 0.2) is 63.5 Å². The molecule has 0 saturated heterocycles. The summed E-state index contributed by atoms with van der Waals surface area (Å²) >= 11 is 1.23. The molecule has 0 aliphatic carbocycles. The Hall–Kier alpha value is -3.85. The molecule has 0 spiro atoms. The Kier molecular flexibility index (Phi) is 7.07. The molecule has 8 nitrogen and oxygen atoms in total. The molecule has 1 atom stereocenters. The van der Waals surface area contributed by atoms with Crippen molar-refractivity contribution < 1.29 is 24.1 Å². The number of methoxy groups -OCH3 is 1. The molecule has 2 heterocycles. The highest BCUT2D eigenvalue weighted by Gasteiger charge is 2.33. The highest BCUT2D eigenvalue weighted by molar-refractivity contribution is 7.07. The van der Waals surface area contributed by atoms with Crippen molar-refractivity contribution in [2.75, 3.05) is 20.3 Å². The van der Waals surface area contributed by atoms with Gasteiger partial charge in [-0.1, -0.05) is 29.5 Å². The van der Waals surface area contributed by atoms with Gasteiger partial charge in [0.1, 0.15) is 5.75 Å². The summed E-state index contributed by atoms with van der Waals surface area (Å²) in [6.07, 6.45) is 1.72. The molecule has 0 fully saturated rings. The number of rotatable bonds is 7. The summed E-state index contributed by atoms with van der Waals surface area (Å²) in [4.78, 5) is 31.6. The molecule has 182 valence electrons. The molecule has 0 bridgehead atoms. The lowest BCUT2D eigenvalue weighted by atomic mass is 9.96. The minimum Gasteiger partial charge on any atom is -0.504 e. The first kappa shape index (κ1) is 24.3. The number of aromatic nitrogens is 1. The maximum atomic E-state index is 13.6. The summed E-state index contributed by atoms with van der Waals surface area (Å²) in [6, 6.07) is 11.4. The standard InChI is InChI=1S/C26H26N2O6S/c1-5-33-20-13-16(7-12-19(20)29)14-21-24(30)28-23(17-8-10-18(32-4)11-9-17)22(25(31)34-6-2)15(3)27-26(28)35-21/h7-14,23,29H,5-6H2,1-4H3/b21-14+. The van der Waals surface area contributed by atoms with Gasteiger partial charge in [0.05, 0.1) is 42.2 Å². The third-order valence-electron chi connectivity index (χ3n) is 5.53. The SMILES string of the molecule is CCOC(=O)C1=C(C)N=c2s/c(=C/c3ccc(O)c(OCC)c3)c(=O)n2C1c1ccc(OC)cc1. The number of carbonyl (C=O) groups excluding carboxylic acids is 1. The molecule has 3 aromatic rings. The summed E-state index contributed by atoms with van der Waals surface area (Å²) in [5, 5.41) is 10.00. The molecular weight excluding hydrogens is 468 g/mol. The molecule has 4 rings (SSSR count). The first-order valence-electron chi connectivity index (χ1n) is 11.2. The second-order valence-electron chi connectivity index (χ2n) is 7.74. The lowest BCUT2D eigenvalue weighted by Crippen LogP contribution is -2.39. The van der Waals surface area contributed by atoms with E-state index in [2.05, 4.69) is 4.99 Å². The van der Waals surface area contributed by atoms with Gasteiger partial charge < -0.3 is 19.3 Å². The second-order valence-corrected chi connectivity index (χ2v) is 8.74. The van der Waals surface area contributed by atoms with E-state index in [1.807, 2.05) is 19.1 Å². The molecule has 0 radical (unpaired) electrons. The molecular formula is C26H26N2O6S. The zero-order valence-corrected chi connectivity index (χ0v) is 20.7. The van der Waals surface area contributed by atoms with Crippen molar-refractivity contribution in [3.63, 3.8) is 0 Å². The van der Waals surface area contributed by atoms with Gasteiger partial charge in [-0.2, -0.15) is 0 Å². The van der Waals surface area contributed by atoms with Crippen LogP contribution in [0.5, 0.6) is 17.2 Å². The Balaban J connectivity index is 1.91. The smallest absolute Gasteiger partial charge is 0.338 e. The van der Waals surface area contributed by atoms with Crippen molar-refractivity contribution >= 4 is 23.4 Å². The number of benzene rings is 2. The Morgan fingerprint density at radius 3 is 2.57 bits per heavy atom. The summed E-state index contributed by atoms with van der Waals surface area (Å²) in [5.74, 6) is 0.519. The number of phenolic OH excluding ortho intramolecular Hbond substituents is 1. The summed E-state index contributed by atoms with van der Waals surface area (Å²) in [6.45, 7) is 5.91. The van der Waals surface area contributed by atoms with Gasteiger partial charge in [0.25, 0.3) is 5.56 Å². The topological polar surface area (TPSA) is 99.4 Å². The number of nitrogens with zero attached hydrogens (tertiary/aromatic N) is 2. The first-order valence-corrected chi connectivity index (χ1v) is 12.0. The Morgan fingerprint density at radius 2 is 1.91 bits per heavy atom. The highest BCUT2D eigenvalue weighted by atomic mass is 32.1. The van der Waals surface area contributed by atoms with E-state index in [4.69, 9.17) is 14.2 Å². The highest BCUT2D eigenvalue weighted by Crippen LogP contribution is 2.32. The summed E-state index contributed by atoms with van der Waals surface area (Å²) in [5.41, 5.74) is 1.97. The van der Waals surface area contributed by atoms with Crippen LogP contribution >= 0.6 is 11.3 Å². The quantitative estimate of drug-likeness (QED) is 0.507. The van der Waals surface area contributed by atoms with E-state index < -0.39 is 12.0 Å². The number of esters is 1. The van der Waals surface area contributed by atoms with Crippen LogP contribution in [-0.2, 0) is 9.53 Å². The van der Waals surface area contributed by atoms with Crippen LogP contribution in [0.25, 0.3) is 6.08 Å². The molecule has 1 aliphatic heterocycles. The number of aromatic hydroxyl groups is 1. The number of fused-ring (bicyclic) bond motifs is 1. The fourth-order valence-electron chi connectivity index (χ4n) is 3.94. The molecule has 0 saturated carbocycles. The number of hydrogen-bond donors (Lipinski definition) is 1. The van der Waals surface area contributed by atoms with Crippen LogP contribution in [0.2, 0.25) is 0 Å². The van der Waals surface area contributed by atoms with Gasteiger partial charge in [0.15, 0.2) is 16.3 Å². The van der Waals surface area contributed by atoms with E-state index in [0.717, 1.165) is 5.56 Å². The Bertz CT molecular complexity index is 1470. The van der Waals surface area contributed by atoms with Gasteiger partial charge in [-0.3, -0.25) is 9.36 Å². The zero-order chi connectivity index (χ0) is 25.1. The first-order chi connectivity index (χ1) is 16.9. The summed E-state index contributed by atoms with van der Waals surface area (Å²) < 4.78 is 18.0. The van der Waals surface area contributed by atoms with Gasteiger partial charge in [-0.15, -0.1) is 0 Å². The summed E-state index contributed by atoms with van der Waals surface area (Å²) in [7, 11) is 1.58. The zero-order valence-electron chi connectivity index (χ0n) is 19.9. The van der Waals surface area contributed by atoms with Gasteiger partial charge in [-0.25, -0.2) is 9.79 Å². The average molecular weight is 495 g/mol. The van der Waals surface area contributed by atoms with Crippen LogP contribution in [0.1, 0.15) is 37.9 Å². The Morgan fingerprint density at radius 1 is 1.17 bits per heavy atom. The fourth-order valence-corrected chi connectivity index (χ4v) is 4.98. The minimum atomic E-state index is -0.697. The van der Waals surface area contributed by atoms with E-state index in [0.29, 0.717) is 44.3 Å². The van der Waals surface area contributed by atoms with E-state index in [-0.39, 0.29) is 17.9 Å². The Labute approximate surface area is 206 Å². The molecule has 35 heavy (non-hydrogen) atoms. The molecule has 1 unspecified atom stereocenters. The van der Waals surface area contributed by atoms with Crippen molar-refractivity contribution in [1.29, 1.82) is 0 Å². The van der Waals surface area contributed by atoms with Crippen LogP contribution in [0.3, 0.4) is 0 Å². The van der Waals surface area contributed by atoms with Crippen molar-refractivity contribution in [2.24, 2.45) is 4.99 Å². The normalized spacial score (nSPS) is 15.4. The number of ether oxygens (including phenoxy) is 3. The second kappa shape index (κ2) is 10.2. The lowest BCUT2D eigenvalue weighted by molar-refractivity contribution is -0.139. The van der Waals surface area contributed by atoms with Crippen LogP contribution in [-0.4, -0.2) is 36.0 Å². The van der Waals surface area contributed by atoms with Gasteiger partial charge in [0.2, 0.25) is 0 Å². The van der Waals surface area contributed by atoms with E-state index in [1.54, 1.807) is 51.3 Å². The maximum Gasteiger partial charge on any atom is 0.338 e. The van der Waals surface area contributed by atoms with Crippen molar-refractivity contribution in [3.05, 3.63) is 84.5 Å². The number of carbonyl (C=O) groups is 1. The fraction of sp³-hybridized carbons (Fsp3) is 0.269. The molecule has 1 aliphatic rings. The maximum absolute atomic E-state index is 13.6. The van der Waals surface area contributed by atoms with Crippen LogP contribution in [0, 0.1) is 0 Å². The predicted octanol–water partition coefficient (Wildman–Crippen LogP) is 2.91. The van der Waals surface area contributed by atoms with Gasteiger partial charge in [-0.05, 0) is 62.2 Å². The van der Waals surface area contributed by atoms with Crippen molar-refractivity contribution in [3.8, 4) is 17.2 Å². The van der Waals surface area contributed by atoms with Crippen molar-refractivity contribution in [1.82, 2.24) is 4.57 Å². The molecule has 1 N–H and O–H groups in total. The van der Waals surface area contributed by atoms with Crippen LogP contribution < -0.4 is 24.4 Å². The third kappa shape index (κ3) is 4.72. The molecule has 9 heteroatoms. The monoisotopic (exact) mass is 494 g/mol. The number of phenols is 1. The lowest BCUT2D eigenvalue weighted by Gasteiger charge is -2.24. The van der Waals surface area contributed by atoms with E-state index in [9.17, 15) is 14.7 Å². The molecule has 1 aromatic heterocycles. The third-order valence-corrected chi connectivity index (χ3v) is 6.51. The number of hydrogen-bond acceptors (Lipinski definition) is 8. The molecule has 0 amide bonds. The van der Waals surface area contributed by atoms with Gasteiger partial charge in [0, 0.05) is 0 Å². The number of thiazole rings is 1. The predicted molar refractivity (Wildman–Crippen MR) is 133 cm³/mol. The molecule has 2 aromatic carbocycles. The van der Waals surface area contributed by atoms with Crippen molar-refractivity contribution in [2.45, 2.75) is 26.8 Å². The van der Waals surface area contributed by atoms with E-state index in [1.165, 1.54) is 22.0 Å². The van der Waals surface area contributed by atoms with Crippen LogP contribution in [0.4, 0.5) is 0 Å². The minimum absolute atomic E-state index is 0.0275. The van der Waals surface area contributed by atoms with E-state index >= 15 is 0 Å².